The normalized spacial score (nSPS) is 18.9. The number of piperazine rings is 1. The number of nitrogens with one attached hydrogen (secondary N) is 2. The minimum Gasteiger partial charge on any atom is -0.458 e. The Hall–Kier alpha value is -1.82. The monoisotopic (exact) mass is 320 g/mol. The molecule has 1 aliphatic rings. The molecule has 0 amide bonds. The third-order valence-electron chi connectivity index (χ3n) is 3.43. The van der Waals surface area contributed by atoms with Crippen molar-refractivity contribution < 1.29 is 9.53 Å². The highest BCUT2D eigenvalue weighted by molar-refractivity contribution is 5.82. The van der Waals surface area contributed by atoms with Gasteiger partial charge in [0.05, 0.1) is 5.69 Å². The summed E-state index contributed by atoms with van der Waals surface area (Å²) in [6, 6.07) is 3.82. The van der Waals surface area contributed by atoms with Gasteiger partial charge in [0.15, 0.2) is 5.82 Å². The minimum atomic E-state index is -0.497. The first-order valence-electron chi connectivity index (χ1n) is 8.19. The first kappa shape index (κ1) is 17.5. The summed E-state index contributed by atoms with van der Waals surface area (Å²) in [7, 11) is 0. The Bertz CT molecular complexity index is 540. The maximum atomic E-state index is 12.6. The van der Waals surface area contributed by atoms with Gasteiger partial charge in [-0.3, -0.25) is 0 Å². The van der Waals surface area contributed by atoms with E-state index < -0.39 is 5.60 Å². The van der Waals surface area contributed by atoms with Crippen LogP contribution in [0.5, 0.6) is 0 Å². The van der Waals surface area contributed by atoms with Crippen molar-refractivity contribution in [2.75, 3.05) is 29.9 Å². The molecule has 1 aliphatic heterocycles. The second-order valence-corrected chi connectivity index (χ2v) is 7.12. The molecule has 0 spiro atoms. The molecule has 1 aromatic rings. The number of esters is 1. The lowest BCUT2D eigenvalue weighted by Gasteiger charge is -2.37. The third-order valence-corrected chi connectivity index (χ3v) is 3.43. The lowest BCUT2D eigenvalue weighted by atomic mass is 10.1. The van der Waals surface area contributed by atoms with Crippen LogP contribution in [0.1, 0.15) is 34.6 Å². The zero-order chi connectivity index (χ0) is 17.0. The molecule has 1 saturated heterocycles. The molecule has 2 heterocycles. The molecule has 6 nitrogen and oxygen atoms in total. The van der Waals surface area contributed by atoms with E-state index in [1.54, 1.807) is 6.20 Å². The second kappa shape index (κ2) is 7.17. The van der Waals surface area contributed by atoms with Crippen molar-refractivity contribution in [1.82, 2.24) is 10.3 Å². The standard InChI is InChI=1S/C17H28N4O2/c1-12(2)20-13-7-6-8-19-15(13)21-10-9-18-11-14(21)16(22)23-17(3,4)5/h6-8,12,14,18,20H,9-11H2,1-5H3. The van der Waals surface area contributed by atoms with E-state index in [4.69, 9.17) is 4.74 Å². The van der Waals surface area contributed by atoms with Gasteiger partial charge in [0.25, 0.3) is 0 Å². The van der Waals surface area contributed by atoms with Gasteiger partial charge >= 0.3 is 5.97 Å². The number of nitrogens with zero attached hydrogens (tertiary/aromatic N) is 2. The summed E-state index contributed by atoms with van der Waals surface area (Å²) in [5.41, 5.74) is 0.446. The van der Waals surface area contributed by atoms with Crippen LogP contribution < -0.4 is 15.5 Å². The van der Waals surface area contributed by atoms with Crippen LogP contribution in [0.15, 0.2) is 18.3 Å². The number of carbonyl (C=O) groups is 1. The fraction of sp³-hybridized carbons (Fsp3) is 0.647. The summed E-state index contributed by atoms with van der Waals surface area (Å²) >= 11 is 0. The Morgan fingerprint density at radius 3 is 2.87 bits per heavy atom. The maximum Gasteiger partial charge on any atom is 0.330 e. The van der Waals surface area contributed by atoms with Gasteiger partial charge in [-0.15, -0.1) is 0 Å². The molecule has 0 saturated carbocycles. The first-order chi connectivity index (χ1) is 10.8. The van der Waals surface area contributed by atoms with Crippen molar-refractivity contribution in [3.05, 3.63) is 18.3 Å². The molecule has 0 aromatic carbocycles. The number of hydrogen-bond acceptors (Lipinski definition) is 6. The topological polar surface area (TPSA) is 66.5 Å². The van der Waals surface area contributed by atoms with Gasteiger partial charge in [0.1, 0.15) is 11.6 Å². The number of carbonyl (C=O) groups excluding carboxylic acids is 1. The smallest absolute Gasteiger partial charge is 0.330 e. The Labute approximate surface area is 138 Å². The Kier molecular flexibility index (Phi) is 5.46. The quantitative estimate of drug-likeness (QED) is 0.828. The molecule has 2 N–H and O–H groups in total. The third kappa shape index (κ3) is 4.82. The van der Waals surface area contributed by atoms with Gasteiger partial charge in [-0.05, 0) is 46.8 Å². The van der Waals surface area contributed by atoms with Crippen molar-refractivity contribution in [1.29, 1.82) is 0 Å². The van der Waals surface area contributed by atoms with E-state index in [0.717, 1.165) is 18.1 Å². The number of anilines is 2. The first-order valence-corrected chi connectivity index (χ1v) is 8.19. The van der Waals surface area contributed by atoms with Crippen molar-refractivity contribution in [2.45, 2.75) is 52.3 Å². The van der Waals surface area contributed by atoms with Gasteiger partial charge < -0.3 is 20.3 Å². The average Bonchev–Trinajstić information content (AvgIpc) is 2.45. The van der Waals surface area contributed by atoms with Gasteiger partial charge in [-0.1, -0.05) is 0 Å². The predicted molar refractivity (Wildman–Crippen MR) is 92.8 cm³/mol. The van der Waals surface area contributed by atoms with E-state index in [2.05, 4.69) is 29.5 Å². The maximum absolute atomic E-state index is 12.6. The Morgan fingerprint density at radius 2 is 2.22 bits per heavy atom. The Balaban J connectivity index is 2.26. The minimum absolute atomic E-state index is 0.217. The summed E-state index contributed by atoms with van der Waals surface area (Å²) in [5.74, 6) is 0.587. The van der Waals surface area contributed by atoms with Crippen LogP contribution in [0.4, 0.5) is 11.5 Å². The SMILES string of the molecule is CC(C)Nc1cccnc1N1CCNCC1C(=O)OC(C)(C)C. The number of pyridine rings is 1. The number of aromatic nitrogens is 1. The van der Waals surface area contributed by atoms with E-state index in [9.17, 15) is 4.79 Å². The molecule has 23 heavy (non-hydrogen) atoms. The fourth-order valence-corrected chi connectivity index (χ4v) is 2.59. The molecule has 2 rings (SSSR count). The highest BCUT2D eigenvalue weighted by Gasteiger charge is 2.34. The van der Waals surface area contributed by atoms with Crippen LogP contribution in [0.25, 0.3) is 0 Å². The molecule has 1 unspecified atom stereocenters. The predicted octanol–water partition coefficient (Wildman–Crippen LogP) is 2.02. The molecular weight excluding hydrogens is 292 g/mol. The van der Waals surface area contributed by atoms with E-state index in [1.165, 1.54) is 0 Å². The molecule has 6 heteroatoms. The van der Waals surface area contributed by atoms with Gasteiger partial charge in [0.2, 0.25) is 0 Å². The summed E-state index contributed by atoms with van der Waals surface area (Å²) in [6.45, 7) is 11.9. The van der Waals surface area contributed by atoms with E-state index in [1.807, 2.05) is 37.8 Å². The van der Waals surface area contributed by atoms with Gasteiger partial charge in [0, 0.05) is 31.9 Å². The fourth-order valence-electron chi connectivity index (χ4n) is 2.59. The number of rotatable bonds is 4. The van der Waals surface area contributed by atoms with Crippen LogP contribution in [-0.2, 0) is 9.53 Å². The lowest BCUT2D eigenvalue weighted by molar-refractivity contribution is -0.156. The summed E-state index contributed by atoms with van der Waals surface area (Å²) in [6.07, 6.45) is 1.76. The van der Waals surface area contributed by atoms with E-state index in [0.29, 0.717) is 19.1 Å². The average molecular weight is 320 g/mol. The summed E-state index contributed by atoms with van der Waals surface area (Å²) in [4.78, 5) is 19.1. The number of hydrogen-bond donors (Lipinski definition) is 2. The van der Waals surface area contributed by atoms with Crippen LogP contribution in [0, 0.1) is 0 Å². The van der Waals surface area contributed by atoms with Gasteiger partial charge in [-0.2, -0.15) is 0 Å². The molecule has 0 radical (unpaired) electrons. The van der Waals surface area contributed by atoms with Crippen molar-refractivity contribution in [2.24, 2.45) is 0 Å². The van der Waals surface area contributed by atoms with E-state index in [-0.39, 0.29) is 12.0 Å². The molecule has 1 atom stereocenters. The van der Waals surface area contributed by atoms with Crippen molar-refractivity contribution in [3.8, 4) is 0 Å². The van der Waals surface area contributed by atoms with Crippen LogP contribution in [-0.4, -0.2) is 48.3 Å². The highest BCUT2D eigenvalue weighted by atomic mass is 16.6. The van der Waals surface area contributed by atoms with Crippen LogP contribution in [0.2, 0.25) is 0 Å². The molecular formula is C17H28N4O2. The molecule has 1 aromatic heterocycles. The molecule has 0 aliphatic carbocycles. The zero-order valence-electron chi connectivity index (χ0n) is 14.7. The molecule has 0 bridgehead atoms. The van der Waals surface area contributed by atoms with Crippen molar-refractivity contribution >= 4 is 17.5 Å². The second-order valence-electron chi connectivity index (χ2n) is 7.12. The molecule has 128 valence electrons. The highest BCUT2D eigenvalue weighted by Crippen LogP contribution is 2.27. The summed E-state index contributed by atoms with van der Waals surface area (Å²) < 4.78 is 5.58. The lowest BCUT2D eigenvalue weighted by Crippen LogP contribution is -2.56. The van der Waals surface area contributed by atoms with Gasteiger partial charge in [-0.25, -0.2) is 9.78 Å². The Morgan fingerprint density at radius 1 is 1.48 bits per heavy atom. The largest absolute Gasteiger partial charge is 0.458 e. The van der Waals surface area contributed by atoms with E-state index >= 15 is 0 Å². The summed E-state index contributed by atoms with van der Waals surface area (Å²) in [5, 5.41) is 6.67. The zero-order valence-corrected chi connectivity index (χ0v) is 14.7. The molecule has 1 fully saturated rings. The van der Waals surface area contributed by atoms with Crippen molar-refractivity contribution in [3.63, 3.8) is 0 Å². The van der Waals surface area contributed by atoms with Crippen LogP contribution in [0.3, 0.4) is 0 Å². The van der Waals surface area contributed by atoms with Crippen LogP contribution >= 0.6 is 0 Å². The number of ether oxygens (including phenoxy) is 1.